The van der Waals surface area contributed by atoms with Crippen molar-refractivity contribution in [2.24, 2.45) is 0 Å². The van der Waals surface area contributed by atoms with Crippen molar-refractivity contribution in [3.8, 4) is 0 Å². The van der Waals surface area contributed by atoms with Gasteiger partial charge >= 0.3 is 0 Å². The number of hydrogen-bond donors (Lipinski definition) is 2. The van der Waals surface area contributed by atoms with Gasteiger partial charge in [-0.25, -0.2) is 4.39 Å². The first kappa shape index (κ1) is 20.8. The number of halogens is 2. The summed E-state index contributed by atoms with van der Waals surface area (Å²) < 4.78 is 13.1. The average Bonchev–Trinajstić information content (AvgIpc) is 3.16. The van der Waals surface area contributed by atoms with Crippen LogP contribution >= 0.6 is 12.4 Å². The molecule has 0 spiro atoms. The van der Waals surface area contributed by atoms with Crippen LogP contribution in [-0.2, 0) is 31.0 Å². The highest BCUT2D eigenvalue weighted by Crippen LogP contribution is 2.21. The van der Waals surface area contributed by atoms with Crippen molar-refractivity contribution in [3.63, 3.8) is 0 Å². The summed E-state index contributed by atoms with van der Waals surface area (Å²) in [5, 5.41) is 6.47. The highest BCUT2D eigenvalue weighted by Gasteiger charge is 2.28. The van der Waals surface area contributed by atoms with Gasteiger partial charge in [-0.1, -0.05) is 36.8 Å². The summed E-state index contributed by atoms with van der Waals surface area (Å²) in [5.74, 6) is -0.133. The van der Waals surface area contributed by atoms with Crippen LogP contribution in [0.1, 0.15) is 41.5 Å². The molecule has 150 valence electrons. The number of likely N-dealkylation sites (tertiary alicyclic amines) is 1. The average molecular weight is 404 g/mol. The van der Waals surface area contributed by atoms with Crippen molar-refractivity contribution in [2.45, 2.75) is 51.5 Å². The number of carbonyl (C=O) groups excluding carboxylic acids is 1. The van der Waals surface area contributed by atoms with Crippen molar-refractivity contribution in [3.05, 3.63) is 70.5 Å². The predicted octanol–water partition coefficient (Wildman–Crippen LogP) is 3.52. The Morgan fingerprint density at radius 1 is 1.07 bits per heavy atom. The van der Waals surface area contributed by atoms with Gasteiger partial charge in [0.2, 0.25) is 5.91 Å². The lowest BCUT2D eigenvalue weighted by molar-refractivity contribution is -0.128. The summed E-state index contributed by atoms with van der Waals surface area (Å²) in [6, 6.07) is 12.9. The molecule has 2 N–H and O–H groups in total. The molecule has 1 atom stereocenters. The second kappa shape index (κ2) is 9.50. The third-order valence-electron chi connectivity index (χ3n) is 5.58. The van der Waals surface area contributed by atoms with E-state index in [-0.39, 0.29) is 30.2 Å². The van der Waals surface area contributed by atoms with Gasteiger partial charge in [0.05, 0.1) is 6.04 Å². The van der Waals surface area contributed by atoms with Crippen LogP contribution in [0.2, 0.25) is 0 Å². The Morgan fingerprint density at radius 2 is 1.82 bits per heavy atom. The van der Waals surface area contributed by atoms with Crippen LogP contribution in [0.3, 0.4) is 0 Å². The molecule has 28 heavy (non-hydrogen) atoms. The number of amides is 1. The number of piperidine rings is 1. The first-order chi connectivity index (χ1) is 13.2. The van der Waals surface area contributed by atoms with E-state index in [2.05, 4.69) is 33.7 Å². The summed E-state index contributed by atoms with van der Waals surface area (Å²) in [6.45, 7) is 3.99. The number of nitrogens with one attached hydrogen (secondary N) is 2. The van der Waals surface area contributed by atoms with E-state index in [4.69, 9.17) is 0 Å². The molecule has 2 aliphatic heterocycles. The smallest absolute Gasteiger partial charge is 0.237 e. The molecule has 2 heterocycles. The minimum Gasteiger partial charge on any atom is -0.351 e. The Hall–Kier alpha value is -1.95. The largest absolute Gasteiger partial charge is 0.351 e. The summed E-state index contributed by atoms with van der Waals surface area (Å²) in [5.41, 5.74) is 4.87. The van der Waals surface area contributed by atoms with Crippen LogP contribution < -0.4 is 10.6 Å². The maximum atomic E-state index is 13.1. The lowest BCUT2D eigenvalue weighted by atomic mass is 10.00. The number of rotatable bonds is 5. The van der Waals surface area contributed by atoms with Crippen LogP contribution in [0.15, 0.2) is 42.5 Å². The van der Waals surface area contributed by atoms with E-state index in [0.717, 1.165) is 50.0 Å². The van der Waals surface area contributed by atoms with Crippen molar-refractivity contribution in [1.82, 2.24) is 15.5 Å². The molecule has 6 heteroatoms. The highest BCUT2D eigenvalue weighted by atomic mass is 35.5. The maximum absolute atomic E-state index is 13.1. The van der Waals surface area contributed by atoms with Crippen LogP contribution in [0.5, 0.6) is 0 Å². The van der Waals surface area contributed by atoms with E-state index in [1.54, 1.807) is 12.1 Å². The zero-order valence-corrected chi connectivity index (χ0v) is 16.7. The molecule has 1 amide bonds. The highest BCUT2D eigenvalue weighted by molar-refractivity contribution is 5.85. The molecule has 2 aromatic rings. The fourth-order valence-electron chi connectivity index (χ4n) is 4.07. The van der Waals surface area contributed by atoms with Gasteiger partial charge in [0.1, 0.15) is 5.82 Å². The van der Waals surface area contributed by atoms with Gasteiger partial charge in [-0.3, -0.25) is 9.69 Å². The summed E-state index contributed by atoms with van der Waals surface area (Å²) in [7, 11) is 0. The van der Waals surface area contributed by atoms with Crippen LogP contribution in [0.4, 0.5) is 4.39 Å². The molecule has 0 aliphatic carbocycles. The van der Waals surface area contributed by atoms with Crippen LogP contribution in [-0.4, -0.2) is 23.4 Å². The number of benzene rings is 2. The molecule has 0 aromatic heterocycles. The lowest BCUT2D eigenvalue weighted by Gasteiger charge is -2.34. The number of hydrogen-bond acceptors (Lipinski definition) is 3. The second-order valence-electron chi connectivity index (χ2n) is 7.53. The normalized spacial score (nSPS) is 19.0. The van der Waals surface area contributed by atoms with Gasteiger partial charge in [0.25, 0.3) is 0 Å². The SMILES string of the molecule is Cl.O=C(NCc1ccc2c(c1)CNC2)C1CCCCN1Cc1ccc(F)cc1. The van der Waals surface area contributed by atoms with Gasteiger partial charge in [-0.05, 0) is 53.8 Å². The van der Waals surface area contributed by atoms with Crippen molar-refractivity contribution < 1.29 is 9.18 Å². The van der Waals surface area contributed by atoms with Gasteiger partial charge in [0, 0.05) is 26.2 Å². The third kappa shape index (κ3) is 4.90. The van der Waals surface area contributed by atoms with Gasteiger partial charge < -0.3 is 10.6 Å². The summed E-state index contributed by atoms with van der Waals surface area (Å²) in [4.78, 5) is 15.1. The summed E-state index contributed by atoms with van der Waals surface area (Å²) in [6.07, 6.45) is 3.05. The van der Waals surface area contributed by atoms with E-state index < -0.39 is 0 Å². The molecule has 4 rings (SSSR count). The van der Waals surface area contributed by atoms with Crippen molar-refractivity contribution in [1.29, 1.82) is 0 Å². The standard InChI is InChI=1S/C22H26FN3O.ClH/c23-20-8-5-16(6-9-20)15-26-10-2-1-3-21(26)22(27)25-12-17-4-7-18-13-24-14-19(18)11-17;/h4-9,11,21,24H,1-3,10,12-15H2,(H,25,27);1H. The van der Waals surface area contributed by atoms with Crippen LogP contribution in [0.25, 0.3) is 0 Å². The minimum atomic E-state index is -0.226. The lowest BCUT2D eigenvalue weighted by Crippen LogP contribution is -2.48. The van der Waals surface area contributed by atoms with Gasteiger partial charge in [0.15, 0.2) is 0 Å². The van der Waals surface area contributed by atoms with Crippen LogP contribution in [0, 0.1) is 5.82 Å². The molecule has 1 unspecified atom stereocenters. The van der Waals surface area contributed by atoms with E-state index in [1.807, 2.05) is 0 Å². The minimum absolute atomic E-state index is 0. The Bertz CT molecular complexity index is 812. The van der Waals surface area contributed by atoms with E-state index in [1.165, 1.54) is 23.3 Å². The molecule has 0 saturated carbocycles. The molecular weight excluding hydrogens is 377 g/mol. The number of nitrogens with zero attached hydrogens (tertiary/aromatic N) is 1. The van der Waals surface area contributed by atoms with E-state index >= 15 is 0 Å². The van der Waals surface area contributed by atoms with Crippen molar-refractivity contribution in [2.75, 3.05) is 6.54 Å². The van der Waals surface area contributed by atoms with Gasteiger partial charge in [-0.15, -0.1) is 12.4 Å². The van der Waals surface area contributed by atoms with Gasteiger partial charge in [-0.2, -0.15) is 0 Å². The van der Waals surface area contributed by atoms with Crippen molar-refractivity contribution >= 4 is 18.3 Å². The number of fused-ring (bicyclic) bond motifs is 1. The molecule has 4 nitrogen and oxygen atoms in total. The summed E-state index contributed by atoms with van der Waals surface area (Å²) >= 11 is 0. The monoisotopic (exact) mass is 403 g/mol. The quantitative estimate of drug-likeness (QED) is 0.802. The second-order valence-corrected chi connectivity index (χ2v) is 7.53. The molecule has 1 fully saturated rings. The Morgan fingerprint density at radius 3 is 2.64 bits per heavy atom. The van der Waals surface area contributed by atoms with E-state index in [0.29, 0.717) is 13.1 Å². The molecule has 2 aromatic carbocycles. The maximum Gasteiger partial charge on any atom is 0.237 e. The fourth-order valence-corrected chi connectivity index (χ4v) is 4.07. The number of carbonyl (C=O) groups is 1. The zero-order valence-electron chi connectivity index (χ0n) is 15.9. The van der Waals surface area contributed by atoms with E-state index in [9.17, 15) is 9.18 Å². The first-order valence-corrected chi connectivity index (χ1v) is 9.76. The Balaban J connectivity index is 0.00000225. The zero-order chi connectivity index (χ0) is 18.6. The molecular formula is C22H27ClFN3O. The predicted molar refractivity (Wildman–Crippen MR) is 111 cm³/mol. The first-order valence-electron chi connectivity index (χ1n) is 9.76. The fraction of sp³-hybridized carbons (Fsp3) is 0.409. The Kier molecular flexibility index (Phi) is 7.05. The molecule has 0 bridgehead atoms. The molecule has 2 aliphatic rings. The topological polar surface area (TPSA) is 44.4 Å². The molecule has 1 saturated heterocycles. The molecule has 0 radical (unpaired) electrons. The Labute approximate surface area is 171 Å². The third-order valence-corrected chi connectivity index (χ3v) is 5.58.